The fraction of sp³-hybridized carbons (Fsp3) is 0.320. The molecule has 1 aromatic carbocycles. The van der Waals surface area contributed by atoms with Crippen LogP contribution in [0.1, 0.15) is 41.5 Å². The van der Waals surface area contributed by atoms with Crippen molar-refractivity contribution in [3.63, 3.8) is 0 Å². The van der Waals surface area contributed by atoms with Crippen molar-refractivity contribution in [1.29, 1.82) is 0 Å². The number of aliphatic hydroxyl groups is 1. The maximum Gasteiger partial charge on any atom is 0.336 e. The Morgan fingerprint density at radius 1 is 0.889 bits per heavy atom. The quantitative estimate of drug-likeness (QED) is 0.294. The van der Waals surface area contributed by atoms with Gasteiger partial charge in [-0.15, -0.1) is 0 Å². The first kappa shape index (κ1) is 26.5. The maximum atomic E-state index is 10.3. The topological polar surface area (TPSA) is 177 Å². The number of hydrogen-bond donors (Lipinski definition) is 5. The van der Waals surface area contributed by atoms with E-state index in [0.29, 0.717) is 11.8 Å². The largest absolute Gasteiger partial charge is 0.481 e. The zero-order valence-electron chi connectivity index (χ0n) is 19.4. The SMILES string of the molecule is O=C(O)CC(O)(CC(=O)O)C(=O)O.c1ccc([C@@H]2CN(Cc3ccncc3)C[C@H]2c2ccn[nH]2)cc1. The van der Waals surface area contributed by atoms with Crippen LogP contribution in [0.15, 0.2) is 67.1 Å². The predicted octanol–water partition coefficient (Wildman–Crippen LogP) is 1.94. The van der Waals surface area contributed by atoms with Crippen molar-refractivity contribution in [2.45, 2.75) is 36.8 Å². The molecule has 0 radical (unpaired) electrons. The number of benzene rings is 1. The van der Waals surface area contributed by atoms with Gasteiger partial charge in [-0.25, -0.2) is 4.79 Å². The van der Waals surface area contributed by atoms with Crippen LogP contribution < -0.4 is 0 Å². The van der Waals surface area contributed by atoms with Crippen LogP contribution >= 0.6 is 0 Å². The summed E-state index contributed by atoms with van der Waals surface area (Å²) in [6, 6.07) is 17.1. The Morgan fingerprint density at radius 3 is 2.03 bits per heavy atom. The second kappa shape index (κ2) is 12.0. The monoisotopic (exact) mass is 496 g/mol. The van der Waals surface area contributed by atoms with Crippen LogP contribution in [0.4, 0.5) is 0 Å². The highest BCUT2D eigenvalue weighted by Gasteiger charge is 2.40. The first-order valence-electron chi connectivity index (χ1n) is 11.2. The molecule has 1 aliphatic rings. The Kier molecular flexibility index (Phi) is 8.87. The Bertz CT molecular complexity index is 1120. The molecule has 0 spiro atoms. The van der Waals surface area contributed by atoms with E-state index in [1.807, 2.05) is 18.6 Å². The first-order chi connectivity index (χ1) is 17.2. The van der Waals surface area contributed by atoms with Gasteiger partial charge in [-0.05, 0) is 29.3 Å². The van der Waals surface area contributed by atoms with Crippen LogP contribution in [-0.4, -0.2) is 77.1 Å². The lowest BCUT2D eigenvalue weighted by atomic mass is 9.87. The van der Waals surface area contributed by atoms with Crippen LogP contribution in [0.5, 0.6) is 0 Å². The molecule has 0 amide bonds. The number of aromatic amines is 1. The molecule has 0 bridgehead atoms. The van der Waals surface area contributed by atoms with Gasteiger partial charge in [0.15, 0.2) is 5.60 Å². The molecular weight excluding hydrogens is 468 g/mol. The van der Waals surface area contributed by atoms with Gasteiger partial charge in [-0.1, -0.05) is 30.3 Å². The molecule has 11 heteroatoms. The Hall–Kier alpha value is -4.09. The number of likely N-dealkylation sites (tertiary alicyclic amines) is 1. The van der Waals surface area contributed by atoms with Crippen molar-refractivity contribution in [1.82, 2.24) is 20.1 Å². The molecule has 5 N–H and O–H groups in total. The third kappa shape index (κ3) is 7.20. The highest BCUT2D eigenvalue weighted by atomic mass is 16.4. The van der Waals surface area contributed by atoms with Crippen molar-refractivity contribution >= 4 is 17.9 Å². The van der Waals surface area contributed by atoms with E-state index in [0.717, 1.165) is 19.6 Å². The first-order valence-corrected chi connectivity index (χ1v) is 11.2. The summed E-state index contributed by atoms with van der Waals surface area (Å²) in [4.78, 5) is 37.1. The molecule has 11 nitrogen and oxygen atoms in total. The van der Waals surface area contributed by atoms with Crippen LogP contribution in [-0.2, 0) is 20.9 Å². The summed E-state index contributed by atoms with van der Waals surface area (Å²) in [7, 11) is 0. The molecule has 3 aromatic rings. The summed E-state index contributed by atoms with van der Waals surface area (Å²) in [6.07, 6.45) is 3.30. The number of carbonyl (C=O) groups is 3. The minimum atomic E-state index is -2.74. The van der Waals surface area contributed by atoms with Gasteiger partial charge in [-0.2, -0.15) is 5.10 Å². The molecule has 1 aliphatic heterocycles. The van der Waals surface area contributed by atoms with E-state index in [1.54, 1.807) is 0 Å². The number of aliphatic carboxylic acids is 3. The van der Waals surface area contributed by atoms with Crippen molar-refractivity contribution in [2.24, 2.45) is 0 Å². The smallest absolute Gasteiger partial charge is 0.336 e. The molecule has 0 unspecified atom stereocenters. The Balaban J connectivity index is 0.000000240. The van der Waals surface area contributed by atoms with Gasteiger partial charge in [0.2, 0.25) is 0 Å². The van der Waals surface area contributed by atoms with Gasteiger partial charge in [0.05, 0.1) is 12.8 Å². The van der Waals surface area contributed by atoms with Gasteiger partial charge in [0.1, 0.15) is 0 Å². The van der Waals surface area contributed by atoms with Gasteiger partial charge in [0.25, 0.3) is 0 Å². The average molecular weight is 497 g/mol. The summed E-state index contributed by atoms with van der Waals surface area (Å²) in [5, 5.41) is 41.1. The van der Waals surface area contributed by atoms with Gasteiger partial charge in [0, 0.05) is 55.8 Å². The number of hydrogen-bond acceptors (Lipinski definition) is 7. The van der Waals surface area contributed by atoms with E-state index in [1.165, 1.54) is 16.8 Å². The normalized spacial score (nSPS) is 17.7. The van der Waals surface area contributed by atoms with Crippen LogP contribution in [0, 0.1) is 0 Å². The third-order valence-electron chi connectivity index (χ3n) is 5.99. The number of rotatable bonds is 9. The van der Waals surface area contributed by atoms with E-state index < -0.39 is 36.4 Å². The molecule has 1 fully saturated rings. The number of pyridine rings is 1. The fourth-order valence-electron chi connectivity index (χ4n) is 4.30. The summed E-state index contributed by atoms with van der Waals surface area (Å²) in [5.74, 6) is -4.06. The Labute approximate surface area is 207 Å². The number of aromatic nitrogens is 3. The summed E-state index contributed by atoms with van der Waals surface area (Å²) in [5.41, 5.74) is 1.22. The lowest BCUT2D eigenvalue weighted by Gasteiger charge is -2.18. The minimum Gasteiger partial charge on any atom is -0.481 e. The van der Waals surface area contributed by atoms with Crippen LogP contribution in [0.3, 0.4) is 0 Å². The zero-order chi connectivity index (χ0) is 26.1. The summed E-state index contributed by atoms with van der Waals surface area (Å²) < 4.78 is 0. The zero-order valence-corrected chi connectivity index (χ0v) is 19.4. The number of carboxylic acid groups (broad SMARTS) is 3. The molecule has 190 valence electrons. The van der Waals surface area contributed by atoms with Gasteiger partial charge >= 0.3 is 17.9 Å². The van der Waals surface area contributed by atoms with E-state index in [2.05, 4.69) is 68.6 Å². The van der Waals surface area contributed by atoms with Crippen LogP contribution in [0.25, 0.3) is 0 Å². The molecule has 0 aliphatic carbocycles. The summed E-state index contributed by atoms with van der Waals surface area (Å²) in [6.45, 7) is 3.08. The van der Waals surface area contributed by atoms with E-state index in [4.69, 9.17) is 20.4 Å². The number of nitrogens with zero attached hydrogens (tertiary/aromatic N) is 3. The van der Waals surface area contributed by atoms with Gasteiger partial charge < -0.3 is 20.4 Å². The fourth-order valence-corrected chi connectivity index (χ4v) is 4.30. The van der Waals surface area contributed by atoms with Gasteiger partial charge in [-0.3, -0.25) is 24.6 Å². The highest BCUT2D eigenvalue weighted by molar-refractivity contribution is 5.88. The lowest BCUT2D eigenvalue weighted by Crippen LogP contribution is -2.42. The molecule has 1 saturated heterocycles. The van der Waals surface area contributed by atoms with E-state index in [9.17, 15) is 14.4 Å². The predicted molar refractivity (Wildman–Crippen MR) is 127 cm³/mol. The molecule has 3 heterocycles. The third-order valence-corrected chi connectivity index (χ3v) is 5.99. The molecule has 2 atom stereocenters. The van der Waals surface area contributed by atoms with Crippen LogP contribution in [0.2, 0.25) is 0 Å². The second-order valence-electron chi connectivity index (χ2n) is 8.66. The van der Waals surface area contributed by atoms with E-state index in [-0.39, 0.29) is 0 Å². The van der Waals surface area contributed by atoms with Crippen molar-refractivity contribution in [2.75, 3.05) is 13.1 Å². The second-order valence-corrected chi connectivity index (χ2v) is 8.66. The standard InChI is InChI=1S/C19H20N4.C6H8O7/c1-2-4-16(5-3-1)17-13-23(12-15-6-9-20-10-7-15)14-18(17)19-8-11-21-22-19;7-3(8)1-6(13,5(11)12)2-4(9)10/h1-11,17-18H,12-14H2,(H,21,22);13H,1-2H2,(H,7,8)(H,9,10)(H,11,12)/t17-,18+;/m0./s1. The average Bonchev–Trinajstić information content (AvgIpc) is 3.50. The highest BCUT2D eigenvalue weighted by Crippen LogP contribution is 2.39. The summed E-state index contributed by atoms with van der Waals surface area (Å²) >= 11 is 0. The molecule has 36 heavy (non-hydrogen) atoms. The molecule has 2 aromatic heterocycles. The molecule has 0 saturated carbocycles. The van der Waals surface area contributed by atoms with E-state index >= 15 is 0 Å². The minimum absolute atomic E-state index is 0.460. The number of nitrogens with one attached hydrogen (secondary N) is 1. The van der Waals surface area contributed by atoms with Crippen molar-refractivity contribution in [3.8, 4) is 0 Å². The Morgan fingerprint density at radius 2 is 1.50 bits per heavy atom. The lowest BCUT2D eigenvalue weighted by molar-refractivity contribution is -0.170. The molecular formula is C25H28N4O7. The molecule has 4 rings (SSSR count). The number of H-pyrrole nitrogens is 1. The van der Waals surface area contributed by atoms with Crippen molar-refractivity contribution in [3.05, 3.63) is 83.9 Å². The maximum absolute atomic E-state index is 10.3. The number of carboxylic acids is 3. The van der Waals surface area contributed by atoms with Crippen molar-refractivity contribution < 1.29 is 34.8 Å².